The Kier molecular flexibility index (Phi) is 3.49. The van der Waals surface area contributed by atoms with Crippen molar-refractivity contribution in [2.75, 3.05) is 0 Å². The largest absolute Gasteiger partial charge is 0.344 e. The first-order valence-corrected chi connectivity index (χ1v) is 5.29. The molecule has 0 aliphatic carbocycles. The molecule has 0 saturated carbocycles. The average Bonchev–Trinajstić information content (AvgIpc) is 2.32. The lowest BCUT2D eigenvalue weighted by atomic mass is 10.2. The van der Waals surface area contributed by atoms with E-state index in [-0.39, 0.29) is 5.78 Å². The molecule has 3 nitrogen and oxygen atoms in total. The lowest BCUT2D eigenvalue weighted by molar-refractivity contribution is -0.163. The van der Waals surface area contributed by atoms with Gasteiger partial charge in [-0.1, -0.05) is 30.3 Å². The van der Waals surface area contributed by atoms with Gasteiger partial charge in [-0.05, 0) is 24.6 Å². The van der Waals surface area contributed by atoms with Crippen LogP contribution in [0.15, 0.2) is 42.5 Å². The smallest absolute Gasteiger partial charge is 0.184 e. The summed E-state index contributed by atoms with van der Waals surface area (Å²) in [5.41, 5.74) is 1.09. The number of hydrogen-bond donors (Lipinski definition) is 0. The van der Waals surface area contributed by atoms with E-state index in [1.54, 1.807) is 13.0 Å². The van der Waals surface area contributed by atoms with Gasteiger partial charge in [-0.15, -0.1) is 0 Å². The Hall–Kier alpha value is -1.45. The molecule has 0 saturated heterocycles. The third kappa shape index (κ3) is 2.78. The van der Waals surface area contributed by atoms with Gasteiger partial charge in [-0.3, -0.25) is 4.79 Å². The molecule has 1 heterocycles. The van der Waals surface area contributed by atoms with Gasteiger partial charge in [0.1, 0.15) is 6.10 Å². The Morgan fingerprint density at radius 3 is 2.75 bits per heavy atom. The average molecular weight is 218 g/mol. The number of benzene rings is 1. The van der Waals surface area contributed by atoms with Crippen LogP contribution in [0.25, 0.3) is 0 Å². The van der Waals surface area contributed by atoms with Crippen molar-refractivity contribution in [3.63, 3.8) is 0 Å². The molecule has 1 aliphatic heterocycles. The minimum atomic E-state index is -0.423. The summed E-state index contributed by atoms with van der Waals surface area (Å²) in [6.45, 7) is 2.21. The minimum Gasteiger partial charge on any atom is -0.344 e. The molecule has 0 unspecified atom stereocenters. The van der Waals surface area contributed by atoms with Gasteiger partial charge in [0, 0.05) is 0 Å². The maximum atomic E-state index is 11.1. The van der Waals surface area contributed by atoms with E-state index in [2.05, 4.69) is 0 Å². The standard InChI is InChI=1S/C13H14O3/c1-10-12(14)7-8-13(16-10)15-9-11-5-3-2-4-6-11/h2-8,10,13H,9H2,1H3/t10-,13-/m0/s1. The van der Waals surface area contributed by atoms with Crippen molar-refractivity contribution < 1.29 is 14.3 Å². The predicted octanol–water partition coefficient (Wildman–Crippen LogP) is 2.07. The predicted molar refractivity (Wildman–Crippen MR) is 59.7 cm³/mol. The van der Waals surface area contributed by atoms with E-state index in [1.807, 2.05) is 30.3 Å². The molecule has 0 fully saturated rings. The summed E-state index contributed by atoms with van der Waals surface area (Å²) in [4.78, 5) is 11.1. The highest BCUT2D eigenvalue weighted by Gasteiger charge is 2.20. The quantitative estimate of drug-likeness (QED) is 0.779. The van der Waals surface area contributed by atoms with E-state index in [0.717, 1.165) is 5.56 Å². The summed E-state index contributed by atoms with van der Waals surface area (Å²) in [7, 11) is 0. The van der Waals surface area contributed by atoms with E-state index in [0.29, 0.717) is 6.61 Å². The van der Waals surface area contributed by atoms with Gasteiger partial charge in [0.15, 0.2) is 12.1 Å². The molecule has 2 atom stereocenters. The number of ether oxygens (including phenoxy) is 2. The molecule has 1 aromatic rings. The van der Waals surface area contributed by atoms with E-state index >= 15 is 0 Å². The maximum Gasteiger partial charge on any atom is 0.184 e. The lowest BCUT2D eigenvalue weighted by Gasteiger charge is -2.22. The first kappa shape index (κ1) is 11.0. The SMILES string of the molecule is C[C@@H]1O[C@H](OCc2ccccc2)C=CC1=O. The van der Waals surface area contributed by atoms with Gasteiger partial charge in [0.2, 0.25) is 0 Å². The van der Waals surface area contributed by atoms with Crippen LogP contribution in [-0.4, -0.2) is 18.2 Å². The number of rotatable bonds is 3. The zero-order chi connectivity index (χ0) is 11.4. The van der Waals surface area contributed by atoms with Gasteiger partial charge in [0.25, 0.3) is 0 Å². The Balaban J connectivity index is 1.88. The van der Waals surface area contributed by atoms with Crippen LogP contribution in [0, 0.1) is 0 Å². The van der Waals surface area contributed by atoms with Crippen molar-refractivity contribution in [1.82, 2.24) is 0 Å². The van der Waals surface area contributed by atoms with Gasteiger partial charge >= 0.3 is 0 Å². The van der Waals surface area contributed by atoms with Crippen LogP contribution in [0.5, 0.6) is 0 Å². The fraction of sp³-hybridized carbons (Fsp3) is 0.308. The molecule has 0 radical (unpaired) electrons. The second-order valence-electron chi connectivity index (χ2n) is 3.70. The number of hydrogen-bond acceptors (Lipinski definition) is 3. The Morgan fingerprint density at radius 2 is 2.06 bits per heavy atom. The topological polar surface area (TPSA) is 35.5 Å². The van der Waals surface area contributed by atoms with Crippen molar-refractivity contribution in [3.05, 3.63) is 48.0 Å². The fourth-order valence-corrected chi connectivity index (χ4v) is 1.47. The Morgan fingerprint density at radius 1 is 1.31 bits per heavy atom. The normalized spacial score (nSPS) is 24.7. The fourth-order valence-electron chi connectivity index (χ4n) is 1.47. The van der Waals surface area contributed by atoms with Crippen LogP contribution in [0.4, 0.5) is 0 Å². The zero-order valence-electron chi connectivity index (χ0n) is 9.13. The van der Waals surface area contributed by atoms with Gasteiger partial charge < -0.3 is 9.47 Å². The lowest BCUT2D eigenvalue weighted by Crippen LogP contribution is -2.30. The second kappa shape index (κ2) is 5.05. The minimum absolute atomic E-state index is 0.0143. The molecule has 84 valence electrons. The number of carbonyl (C=O) groups excluding carboxylic acids is 1. The summed E-state index contributed by atoms with van der Waals surface area (Å²) in [6.07, 6.45) is 2.33. The van der Waals surface area contributed by atoms with E-state index < -0.39 is 12.4 Å². The Labute approximate surface area is 94.7 Å². The molecule has 0 spiro atoms. The number of ketones is 1. The summed E-state index contributed by atoms with van der Waals surface area (Å²) in [6, 6.07) is 9.86. The highest BCUT2D eigenvalue weighted by molar-refractivity contribution is 5.93. The molecule has 0 amide bonds. The summed E-state index contributed by atoms with van der Waals surface area (Å²) in [5, 5.41) is 0. The third-order valence-corrected chi connectivity index (χ3v) is 2.41. The monoisotopic (exact) mass is 218 g/mol. The van der Waals surface area contributed by atoms with Crippen LogP contribution in [0.1, 0.15) is 12.5 Å². The van der Waals surface area contributed by atoms with Crippen LogP contribution < -0.4 is 0 Å². The highest BCUT2D eigenvalue weighted by Crippen LogP contribution is 2.12. The summed E-state index contributed by atoms with van der Waals surface area (Å²) < 4.78 is 10.9. The molecular weight excluding hydrogens is 204 g/mol. The van der Waals surface area contributed by atoms with Gasteiger partial charge in [-0.25, -0.2) is 0 Å². The zero-order valence-corrected chi connectivity index (χ0v) is 9.13. The van der Waals surface area contributed by atoms with Crippen LogP contribution in [-0.2, 0) is 20.9 Å². The molecule has 0 bridgehead atoms. The van der Waals surface area contributed by atoms with Crippen LogP contribution in [0.3, 0.4) is 0 Å². The van der Waals surface area contributed by atoms with Crippen LogP contribution in [0.2, 0.25) is 0 Å². The molecule has 1 aliphatic rings. The first-order chi connectivity index (χ1) is 7.75. The molecular formula is C13H14O3. The van der Waals surface area contributed by atoms with E-state index in [1.165, 1.54) is 6.08 Å². The molecule has 1 aromatic carbocycles. The number of carbonyl (C=O) groups is 1. The third-order valence-electron chi connectivity index (χ3n) is 2.41. The summed E-state index contributed by atoms with van der Waals surface area (Å²) in [5.74, 6) is -0.0143. The van der Waals surface area contributed by atoms with Gasteiger partial charge in [0.05, 0.1) is 6.61 Å². The van der Waals surface area contributed by atoms with Gasteiger partial charge in [-0.2, -0.15) is 0 Å². The second-order valence-corrected chi connectivity index (χ2v) is 3.70. The highest BCUT2D eigenvalue weighted by atomic mass is 16.7. The molecule has 16 heavy (non-hydrogen) atoms. The molecule has 2 rings (SSSR count). The van der Waals surface area contributed by atoms with Crippen molar-refractivity contribution in [2.45, 2.75) is 25.9 Å². The molecule has 3 heteroatoms. The van der Waals surface area contributed by atoms with Crippen molar-refractivity contribution >= 4 is 5.78 Å². The van der Waals surface area contributed by atoms with Crippen LogP contribution >= 0.6 is 0 Å². The molecule has 0 aromatic heterocycles. The Bertz CT molecular complexity index is 383. The first-order valence-electron chi connectivity index (χ1n) is 5.29. The molecule has 0 N–H and O–H groups in total. The van der Waals surface area contributed by atoms with Crippen molar-refractivity contribution in [1.29, 1.82) is 0 Å². The van der Waals surface area contributed by atoms with Crippen molar-refractivity contribution in [2.24, 2.45) is 0 Å². The summed E-state index contributed by atoms with van der Waals surface area (Å²) >= 11 is 0. The van der Waals surface area contributed by atoms with E-state index in [9.17, 15) is 4.79 Å². The maximum absolute atomic E-state index is 11.1. The van der Waals surface area contributed by atoms with E-state index in [4.69, 9.17) is 9.47 Å². The van der Waals surface area contributed by atoms with Crippen molar-refractivity contribution in [3.8, 4) is 0 Å².